The lowest BCUT2D eigenvalue weighted by Gasteiger charge is -2.16. The Morgan fingerprint density at radius 3 is 3.05 bits per heavy atom. The Hall–Kier alpha value is -1.65. The second-order valence-electron chi connectivity index (χ2n) is 4.86. The Morgan fingerprint density at radius 2 is 2.25 bits per heavy atom. The third kappa shape index (κ3) is 2.76. The van der Waals surface area contributed by atoms with Crippen LogP contribution in [0, 0.1) is 0 Å². The monoisotopic (exact) mass is 285 g/mol. The molecule has 0 spiro atoms. The first-order valence-corrected chi connectivity index (χ1v) is 7.94. The molecule has 0 saturated heterocycles. The highest BCUT2D eigenvalue weighted by Crippen LogP contribution is 2.24. The van der Waals surface area contributed by atoms with Gasteiger partial charge in [0, 0.05) is 22.7 Å². The van der Waals surface area contributed by atoms with E-state index in [9.17, 15) is 0 Å². The van der Waals surface area contributed by atoms with E-state index in [4.69, 9.17) is 0 Å². The maximum absolute atomic E-state index is 4.45. The fraction of sp³-hybridized carbons (Fsp3) is 0.312. The minimum atomic E-state index is 0.363. The number of fused-ring (bicyclic) bond motifs is 1. The van der Waals surface area contributed by atoms with Gasteiger partial charge in [0.25, 0.3) is 0 Å². The van der Waals surface area contributed by atoms with Crippen molar-refractivity contribution in [3.63, 3.8) is 0 Å². The number of nitrogens with zero attached hydrogens (tertiary/aromatic N) is 2. The Kier molecular flexibility index (Phi) is 4.14. The molecule has 104 valence electrons. The lowest BCUT2D eigenvalue weighted by atomic mass is 10.0. The van der Waals surface area contributed by atoms with Gasteiger partial charge in [0.2, 0.25) is 0 Å². The number of hydrogen-bond donors (Lipinski definition) is 1. The zero-order chi connectivity index (χ0) is 13.8. The summed E-state index contributed by atoms with van der Waals surface area (Å²) in [7, 11) is 0. The predicted octanol–water partition coefficient (Wildman–Crippen LogP) is 3.68. The first kappa shape index (κ1) is 13.3. The summed E-state index contributed by atoms with van der Waals surface area (Å²) in [4.78, 5) is 1.45. The molecule has 0 bridgehead atoms. The summed E-state index contributed by atoms with van der Waals surface area (Å²) in [6, 6.07) is 10.9. The zero-order valence-electron chi connectivity index (χ0n) is 11.6. The summed E-state index contributed by atoms with van der Waals surface area (Å²) in [5.41, 5.74) is 2.49. The maximum Gasteiger partial charge on any atom is 0.0709 e. The average molecular weight is 285 g/mol. The fourth-order valence-electron chi connectivity index (χ4n) is 2.58. The van der Waals surface area contributed by atoms with Crippen LogP contribution in [0.5, 0.6) is 0 Å². The van der Waals surface area contributed by atoms with Gasteiger partial charge in [-0.1, -0.05) is 19.1 Å². The van der Waals surface area contributed by atoms with Crippen molar-refractivity contribution in [1.29, 1.82) is 0 Å². The number of aryl methyl sites for hydroxylation is 1. The van der Waals surface area contributed by atoms with E-state index in [1.54, 1.807) is 0 Å². The third-order valence-electron chi connectivity index (χ3n) is 3.54. The van der Waals surface area contributed by atoms with E-state index >= 15 is 0 Å². The highest BCUT2D eigenvalue weighted by atomic mass is 32.1. The molecular formula is C16H19N3S. The van der Waals surface area contributed by atoms with E-state index < -0.39 is 0 Å². The zero-order valence-corrected chi connectivity index (χ0v) is 12.4. The Labute approximate surface area is 123 Å². The molecule has 0 aliphatic heterocycles. The van der Waals surface area contributed by atoms with Gasteiger partial charge in [-0.05, 0) is 43.0 Å². The number of nitrogens with one attached hydrogen (secondary N) is 1. The quantitative estimate of drug-likeness (QED) is 0.748. The summed E-state index contributed by atoms with van der Waals surface area (Å²) >= 11 is 1.84. The van der Waals surface area contributed by atoms with Crippen molar-refractivity contribution in [2.24, 2.45) is 0 Å². The lowest BCUT2D eigenvalue weighted by molar-refractivity contribution is 0.520. The molecule has 0 amide bonds. The average Bonchev–Trinajstić information content (AvgIpc) is 3.13. The van der Waals surface area contributed by atoms with Crippen molar-refractivity contribution >= 4 is 16.9 Å². The molecule has 3 heterocycles. The molecule has 0 aromatic carbocycles. The highest BCUT2D eigenvalue weighted by Gasteiger charge is 2.15. The van der Waals surface area contributed by atoms with E-state index in [1.807, 2.05) is 34.3 Å². The summed E-state index contributed by atoms with van der Waals surface area (Å²) in [6.07, 6.45) is 6.21. The number of aromatic nitrogens is 2. The van der Waals surface area contributed by atoms with Gasteiger partial charge in [-0.3, -0.25) is 0 Å². The van der Waals surface area contributed by atoms with Gasteiger partial charge in [-0.25, -0.2) is 4.52 Å². The SMILES string of the molecule is CCNC(CCc1cccs1)c1cnn2ccccc12. The molecule has 0 aliphatic carbocycles. The first-order valence-electron chi connectivity index (χ1n) is 7.06. The third-order valence-corrected chi connectivity index (χ3v) is 4.48. The molecule has 1 atom stereocenters. The molecule has 3 nitrogen and oxygen atoms in total. The van der Waals surface area contributed by atoms with Gasteiger partial charge in [-0.2, -0.15) is 5.10 Å². The van der Waals surface area contributed by atoms with Crippen molar-refractivity contribution in [3.05, 3.63) is 58.5 Å². The molecule has 0 radical (unpaired) electrons. The molecule has 4 heteroatoms. The van der Waals surface area contributed by atoms with Crippen molar-refractivity contribution in [1.82, 2.24) is 14.9 Å². The van der Waals surface area contributed by atoms with E-state index in [2.05, 4.69) is 47.0 Å². The molecule has 3 aromatic rings. The van der Waals surface area contributed by atoms with Gasteiger partial charge < -0.3 is 5.32 Å². The van der Waals surface area contributed by atoms with Crippen LogP contribution in [0.3, 0.4) is 0 Å². The molecule has 1 unspecified atom stereocenters. The van der Waals surface area contributed by atoms with Gasteiger partial charge >= 0.3 is 0 Å². The van der Waals surface area contributed by atoms with Crippen LogP contribution in [0.1, 0.15) is 29.8 Å². The molecular weight excluding hydrogens is 266 g/mol. The summed E-state index contributed by atoms with van der Waals surface area (Å²) in [5.74, 6) is 0. The van der Waals surface area contributed by atoms with Gasteiger partial charge in [0.15, 0.2) is 0 Å². The molecule has 0 fully saturated rings. The van der Waals surface area contributed by atoms with Crippen LogP contribution in [-0.2, 0) is 6.42 Å². The fourth-order valence-corrected chi connectivity index (χ4v) is 3.30. The normalized spacial score (nSPS) is 12.8. The van der Waals surface area contributed by atoms with Crippen LogP contribution in [0.2, 0.25) is 0 Å². The summed E-state index contributed by atoms with van der Waals surface area (Å²) in [6.45, 7) is 3.13. The smallest absolute Gasteiger partial charge is 0.0709 e. The maximum atomic E-state index is 4.45. The Morgan fingerprint density at radius 1 is 1.30 bits per heavy atom. The van der Waals surface area contributed by atoms with Crippen LogP contribution in [0.4, 0.5) is 0 Å². The molecule has 0 saturated carbocycles. The molecule has 0 aliphatic rings. The van der Waals surface area contributed by atoms with Crippen LogP contribution in [0.25, 0.3) is 5.52 Å². The van der Waals surface area contributed by atoms with E-state index in [1.165, 1.54) is 16.0 Å². The predicted molar refractivity (Wildman–Crippen MR) is 84.2 cm³/mol. The van der Waals surface area contributed by atoms with Crippen molar-refractivity contribution in [2.75, 3.05) is 6.54 Å². The van der Waals surface area contributed by atoms with Gasteiger partial charge in [0.1, 0.15) is 0 Å². The van der Waals surface area contributed by atoms with Gasteiger partial charge in [0.05, 0.1) is 11.7 Å². The molecule has 3 aromatic heterocycles. The van der Waals surface area contributed by atoms with Crippen molar-refractivity contribution in [2.45, 2.75) is 25.8 Å². The number of hydrogen-bond acceptors (Lipinski definition) is 3. The van der Waals surface area contributed by atoms with E-state index in [0.717, 1.165) is 19.4 Å². The summed E-state index contributed by atoms with van der Waals surface area (Å²) in [5, 5.41) is 10.2. The topological polar surface area (TPSA) is 29.3 Å². The lowest BCUT2D eigenvalue weighted by Crippen LogP contribution is -2.21. The first-order chi connectivity index (χ1) is 9.88. The van der Waals surface area contributed by atoms with Crippen molar-refractivity contribution in [3.8, 4) is 0 Å². The number of rotatable bonds is 6. The Bertz CT molecular complexity index is 657. The highest BCUT2D eigenvalue weighted by molar-refractivity contribution is 7.09. The molecule has 1 N–H and O–H groups in total. The molecule has 20 heavy (non-hydrogen) atoms. The number of thiophene rings is 1. The molecule has 3 rings (SSSR count). The van der Waals surface area contributed by atoms with Crippen LogP contribution in [0.15, 0.2) is 48.1 Å². The van der Waals surface area contributed by atoms with Crippen LogP contribution < -0.4 is 5.32 Å². The second kappa shape index (κ2) is 6.20. The van der Waals surface area contributed by atoms with Crippen molar-refractivity contribution < 1.29 is 0 Å². The number of pyridine rings is 1. The Balaban J connectivity index is 1.82. The largest absolute Gasteiger partial charge is 0.310 e. The summed E-state index contributed by atoms with van der Waals surface area (Å²) < 4.78 is 1.95. The minimum absolute atomic E-state index is 0.363. The van der Waals surface area contributed by atoms with Gasteiger partial charge in [-0.15, -0.1) is 11.3 Å². The van der Waals surface area contributed by atoms with E-state index in [0.29, 0.717) is 6.04 Å². The van der Waals surface area contributed by atoms with Crippen LogP contribution in [-0.4, -0.2) is 16.2 Å². The standard InChI is InChI=1S/C16H19N3S/c1-2-17-15(9-8-13-6-5-11-20-13)14-12-18-19-10-4-3-7-16(14)19/h3-7,10-12,15,17H,2,8-9H2,1H3. The van der Waals surface area contributed by atoms with E-state index in [-0.39, 0.29) is 0 Å². The second-order valence-corrected chi connectivity index (χ2v) is 5.89. The minimum Gasteiger partial charge on any atom is -0.310 e. The van der Waals surface area contributed by atoms with Crippen LogP contribution >= 0.6 is 11.3 Å².